The molecule has 2 atom stereocenters. The molecular formula is C17H20N2O4. The van der Waals surface area contributed by atoms with E-state index in [4.69, 9.17) is 5.11 Å². The molecule has 2 N–H and O–H groups in total. The molecule has 1 heterocycles. The third-order valence-electron chi connectivity index (χ3n) is 4.55. The molecule has 2 fully saturated rings. The standard InChI is InChI=1S/C17H20N2O4/c20-15-6-3-7-19(15)10-12-5-2-1-4-11(12)9-18-16(21)13-8-14(13)17(22)23/h1-2,4-5,13-14H,3,6-10H2,(H,18,21)(H,22,23)/t13-,14+/m1/s1. The molecule has 2 aliphatic rings. The van der Waals surface area contributed by atoms with Crippen molar-refractivity contribution in [2.45, 2.75) is 32.4 Å². The van der Waals surface area contributed by atoms with Gasteiger partial charge in [-0.3, -0.25) is 14.4 Å². The number of carboxylic acids is 1. The van der Waals surface area contributed by atoms with Crippen molar-refractivity contribution < 1.29 is 19.5 Å². The molecule has 1 saturated heterocycles. The zero-order valence-corrected chi connectivity index (χ0v) is 12.8. The molecule has 1 aliphatic heterocycles. The highest BCUT2D eigenvalue weighted by atomic mass is 16.4. The Hall–Kier alpha value is -2.37. The van der Waals surface area contributed by atoms with Gasteiger partial charge in [0.25, 0.3) is 0 Å². The van der Waals surface area contributed by atoms with Gasteiger partial charge in [-0.25, -0.2) is 0 Å². The summed E-state index contributed by atoms with van der Waals surface area (Å²) in [5, 5.41) is 11.7. The van der Waals surface area contributed by atoms with Gasteiger partial charge in [0.1, 0.15) is 0 Å². The molecule has 23 heavy (non-hydrogen) atoms. The van der Waals surface area contributed by atoms with Crippen LogP contribution in [0.4, 0.5) is 0 Å². The Morgan fingerprint density at radius 1 is 1.22 bits per heavy atom. The molecule has 1 aliphatic carbocycles. The van der Waals surface area contributed by atoms with E-state index >= 15 is 0 Å². The lowest BCUT2D eigenvalue weighted by atomic mass is 10.1. The number of carboxylic acid groups (broad SMARTS) is 1. The Bertz CT molecular complexity index is 643. The van der Waals surface area contributed by atoms with Crippen LogP contribution in [0.3, 0.4) is 0 Å². The predicted molar refractivity (Wildman–Crippen MR) is 82.2 cm³/mol. The monoisotopic (exact) mass is 316 g/mol. The average molecular weight is 316 g/mol. The van der Waals surface area contributed by atoms with Crippen molar-refractivity contribution in [1.29, 1.82) is 0 Å². The maximum absolute atomic E-state index is 12.0. The normalized spacial score (nSPS) is 23.0. The number of hydrogen-bond acceptors (Lipinski definition) is 3. The van der Waals surface area contributed by atoms with Gasteiger partial charge in [0.05, 0.1) is 11.8 Å². The van der Waals surface area contributed by atoms with Gasteiger partial charge in [-0.2, -0.15) is 0 Å². The van der Waals surface area contributed by atoms with E-state index in [9.17, 15) is 14.4 Å². The van der Waals surface area contributed by atoms with Crippen LogP contribution in [0.15, 0.2) is 24.3 Å². The number of benzene rings is 1. The van der Waals surface area contributed by atoms with Gasteiger partial charge in [-0.05, 0) is 24.0 Å². The van der Waals surface area contributed by atoms with Gasteiger partial charge in [0.15, 0.2) is 0 Å². The maximum atomic E-state index is 12.0. The van der Waals surface area contributed by atoms with Crippen LogP contribution in [-0.2, 0) is 27.5 Å². The van der Waals surface area contributed by atoms with Crippen molar-refractivity contribution in [2.75, 3.05) is 6.54 Å². The summed E-state index contributed by atoms with van der Waals surface area (Å²) >= 11 is 0. The van der Waals surface area contributed by atoms with Crippen LogP contribution >= 0.6 is 0 Å². The first kappa shape index (κ1) is 15.5. The van der Waals surface area contributed by atoms with Crippen LogP contribution < -0.4 is 5.32 Å². The van der Waals surface area contributed by atoms with Crippen molar-refractivity contribution >= 4 is 17.8 Å². The lowest BCUT2D eigenvalue weighted by Gasteiger charge is -2.18. The second-order valence-electron chi connectivity index (χ2n) is 6.19. The van der Waals surface area contributed by atoms with Crippen molar-refractivity contribution in [3.63, 3.8) is 0 Å². The Morgan fingerprint density at radius 3 is 2.57 bits per heavy atom. The van der Waals surface area contributed by atoms with Gasteiger partial charge in [-0.1, -0.05) is 24.3 Å². The number of carbonyl (C=O) groups is 3. The second-order valence-corrected chi connectivity index (χ2v) is 6.19. The smallest absolute Gasteiger partial charge is 0.307 e. The predicted octanol–water partition coefficient (Wildman–Crippen LogP) is 1.15. The molecule has 6 heteroatoms. The summed E-state index contributed by atoms with van der Waals surface area (Å²) in [7, 11) is 0. The molecule has 0 spiro atoms. The first-order chi connectivity index (χ1) is 11.1. The number of carbonyl (C=O) groups excluding carboxylic acids is 2. The Balaban J connectivity index is 1.59. The van der Waals surface area contributed by atoms with E-state index in [1.54, 1.807) is 0 Å². The van der Waals surface area contributed by atoms with Crippen LogP contribution in [0.2, 0.25) is 0 Å². The fourth-order valence-electron chi connectivity index (χ4n) is 3.03. The minimum Gasteiger partial charge on any atom is -0.481 e. The van der Waals surface area contributed by atoms with Gasteiger partial charge < -0.3 is 15.3 Å². The van der Waals surface area contributed by atoms with Crippen molar-refractivity contribution in [3.05, 3.63) is 35.4 Å². The van der Waals surface area contributed by atoms with E-state index in [0.29, 0.717) is 25.9 Å². The average Bonchev–Trinajstić information content (AvgIpc) is 3.25. The largest absolute Gasteiger partial charge is 0.481 e. The highest BCUT2D eigenvalue weighted by molar-refractivity contribution is 5.89. The molecule has 0 aromatic heterocycles. The highest BCUT2D eigenvalue weighted by Crippen LogP contribution is 2.38. The minimum absolute atomic E-state index is 0.172. The topological polar surface area (TPSA) is 86.7 Å². The van der Waals surface area contributed by atoms with Crippen molar-refractivity contribution in [1.82, 2.24) is 10.2 Å². The van der Waals surface area contributed by atoms with Crippen LogP contribution in [0, 0.1) is 11.8 Å². The lowest BCUT2D eigenvalue weighted by Crippen LogP contribution is -2.28. The summed E-state index contributed by atoms with van der Waals surface area (Å²) in [6.45, 7) is 1.70. The van der Waals surface area contributed by atoms with Gasteiger partial charge >= 0.3 is 5.97 Å². The second kappa shape index (κ2) is 6.40. The van der Waals surface area contributed by atoms with Gasteiger partial charge in [0, 0.05) is 26.1 Å². The van der Waals surface area contributed by atoms with Crippen LogP contribution in [0.25, 0.3) is 0 Å². The zero-order chi connectivity index (χ0) is 16.4. The summed E-state index contributed by atoms with van der Waals surface area (Å²) in [6.07, 6.45) is 1.93. The molecule has 6 nitrogen and oxygen atoms in total. The third-order valence-corrected chi connectivity index (χ3v) is 4.55. The maximum Gasteiger partial charge on any atom is 0.307 e. The van der Waals surface area contributed by atoms with Gasteiger partial charge in [-0.15, -0.1) is 0 Å². The van der Waals surface area contributed by atoms with E-state index in [-0.39, 0.29) is 11.8 Å². The summed E-state index contributed by atoms with van der Waals surface area (Å²) in [4.78, 5) is 36.4. The quantitative estimate of drug-likeness (QED) is 0.824. The number of rotatable bonds is 6. The molecular weight excluding hydrogens is 296 g/mol. The van der Waals surface area contributed by atoms with Crippen LogP contribution in [0.5, 0.6) is 0 Å². The Kier molecular flexibility index (Phi) is 4.32. The number of nitrogens with zero attached hydrogens (tertiary/aromatic N) is 1. The number of likely N-dealkylation sites (tertiary alicyclic amines) is 1. The minimum atomic E-state index is -0.905. The van der Waals surface area contributed by atoms with Crippen LogP contribution in [0.1, 0.15) is 30.4 Å². The lowest BCUT2D eigenvalue weighted by molar-refractivity contribution is -0.140. The highest BCUT2D eigenvalue weighted by Gasteiger charge is 2.48. The molecule has 3 rings (SSSR count). The summed E-state index contributed by atoms with van der Waals surface area (Å²) < 4.78 is 0. The molecule has 1 aromatic rings. The number of aliphatic carboxylic acids is 1. The molecule has 0 radical (unpaired) electrons. The molecule has 1 aromatic carbocycles. The Morgan fingerprint density at radius 2 is 1.96 bits per heavy atom. The number of amides is 2. The summed E-state index contributed by atoms with van der Waals surface area (Å²) in [5.41, 5.74) is 1.99. The third kappa shape index (κ3) is 3.52. The fraction of sp³-hybridized carbons (Fsp3) is 0.471. The summed E-state index contributed by atoms with van der Waals surface area (Å²) in [5.74, 6) is -1.87. The van der Waals surface area contributed by atoms with E-state index < -0.39 is 17.8 Å². The van der Waals surface area contributed by atoms with Crippen molar-refractivity contribution in [3.8, 4) is 0 Å². The fourth-order valence-corrected chi connectivity index (χ4v) is 3.03. The number of hydrogen-bond donors (Lipinski definition) is 2. The summed E-state index contributed by atoms with van der Waals surface area (Å²) in [6, 6.07) is 7.71. The first-order valence-electron chi connectivity index (χ1n) is 7.91. The van der Waals surface area contributed by atoms with E-state index in [2.05, 4.69) is 5.32 Å². The molecule has 0 bridgehead atoms. The van der Waals surface area contributed by atoms with E-state index in [1.165, 1.54) is 0 Å². The molecule has 2 amide bonds. The Labute approximate surface area is 134 Å². The SMILES string of the molecule is O=C(O)[C@H]1C[C@H]1C(=O)NCc1ccccc1CN1CCCC1=O. The van der Waals surface area contributed by atoms with Crippen LogP contribution in [-0.4, -0.2) is 34.3 Å². The van der Waals surface area contributed by atoms with E-state index in [1.807, 2.05) is 29.2 Å². The molecule has 0 unspecified atom stereocenters. The van der Waals surface area contributed by atoms with Crippen molar-refractivity contribution in [2.24, 2.45) is 11.8 Å². The van der Waals surface area contributed by atoms with E-state index in [0.717, 1.165) is 24.1 Å². The first-order valence-corrected chi connectivity index (χ1v) is 7.91. The van der Waals surface area contributed by atoms with Gasteiger partial charge in [0.2, 0.25) is 11.8 Å². The zero-order valence-electron chi connectivity index (χ0n) is 12.8. The number of nitrogens with one attached hydrogen (secondary N) is 1. The molecule has 122 valence electrons. The molecule has 1 saturated carbocycles.